The van der Waals surface area contributed by atoms with Crippen LogP contribution in [0.3, 0.4) is 0 Å². The lowest BCUT2D eigenvalue weighted by Crippen LogP contribution is -2.37. The van der Waals surface area contributed by atoms with Crippen molar-refractivity contribution < 1.29 is 10.2 Å². The van der Waals surface area contributed by atoms with Crippen molar-refractivity contribution in [3.8, 4) is 0 Å². The summed E-state index contributed by atoms with van der Waals surface area (Å²) in [6.07, 6.45) is 56.2. The molecule has 47 heavy (non-hydrogen) atoms. The summed E-state index contributed by atoms with van der Waals surface area (Å²) in [6.45, 7) is 2.82. The monoisotopic (exact) mass is 663 g/mol. The zero-order valence-corrected chi connectivity index (χ0v) is 32.7. The Morgan fingerprint density at radius 1 is 0.383 bits per heavy atom. The van der Waals surface area contributed by atoms with E-state index in [1.165, 1.54) is 238 Å². The first-order valence-electron chi connectivity index (χ1n) is 22.5. The fraction of sp³-hybridized carbons (Fsp3) is 1.00. The van der Waals surface area contributed by atoms with E-state index in [1.807, 2.05) is 0 Å². The standard InChI is InChI=1S/C25H50O2.2C10H20/c1-2-3-4-5-6-7-8-9-11-14-17-20-25(23-27)21-18-15-12-10-13-16-19-24(25)22-26;2*1-2-4-6-8-10-9-7-5-3-1/h24,26-27H,2-23H2,1H3;2*1-10H2. The summed E-state index contributed by atoms with van der Waals surface area (Å²) in [6, 6.07) is 0. The van der Waals surface area contributed by atoms with Gasteiger partial charge in [-0.3, -0.25) is 0 Å². The molecule has 0 aromatic carbocycles. The maximum Gasteiger partial charge on any atom is 0.0490 e. The molecule has 0 bridgehead atoms. The molecule has 3 rings (SSSR count). The fourth-order valence-corrected chi connectivity index (χ4v) is 8.66. The maximum absolute atomic E-state index is 10.3. The third-order valence-corrected chi connectivity index (χ3v) is 12.2. The number of unbranched alkanes of at least 4 members (excludes halogenated alkanes) is 10. The van der Waals surface area contributed by atoms with Gasteiger partial charge in [0.1, 0.15) is 0 Å². The average Bonchev–Trinajstić information content (AvgIpc) is 3.11. The Hall–Kier alpha value is -0.0800. The summed E-state index contributed by atoms with van der Waals surface area (Å²) in [5.41, 5.74) is -0.00856. The zero-order chi connectivity index (χ0) is 33.8. The van der Waals surface area contributed by atoms with Gasteiger partial charge in [0.2, 0.25) is 0 Å². The largest absolute Gasteiger partial charge is 0.396 e. The quantitative estimate of drug-likeness (QED) is 0.182. The van der Waals surface area contributed by atoms with Crippen LogP contribution >= 0.6 is 0 Å². The van der Waals surface area contributed by atoms with E-state index in [-0.39, 0.29) is 18.6 Å². The molecule has 0 aromatic rings. The van der Waals surface area contributed by atoms with Gasteiger partial charge in [0, 0.05) is 13.2 Å². The summed E-state index contributed by atoms with van der Waals surface area (Å²) in [7, 11) is 0. The number of hydrogen-bond donors (Lipinski definition) is 2. The summed E-state index contributed by atoms with van der Waals surface area (Å²) >= 11 is 0. The molecular formula is C45H90O2. The van der Waals surface area contributed by atoms with Gasteiger partial charge >= 0.3 is 0 Å². The molecule has 3 aliphatic carbocycles. The minimum atomic E-state index is -0.00856. The van der Waals surface area contributed by atoms with Crippen LogP contribution in [0, 0.1) is 11.3 Å². The topological polar surface area (TPSA) is 40.5 Å². The van der Waals surface area contributed by atoms with Gasteiger partial charge in [-0.25, -0.2) is 0 Å². The van der Waals surface area contributed by atoms with E-state index in [9.17, 15) is 10.2 Å². The van der Waals surface area contributed by atoms with Gasteiger partial charge in [0.05, 0.1) is 0 Å². The Morgan fingerprint density at radius 2 is 0.681 bits per heavy atom. The molecule has 3 fully saturated rings. The van der Waals surface area contributed by atoms with Gasteiger partial charge in [0.15, 0.2) is 0 Å². The molecule has 0 spiro atoms. The van der Waals surface area contributed by atoms with Crippen LogP contribution in [-0.2, 0) is 0 Å². The SMILES string of the molecule is C1CCCCCCCCC1.C1CCCCCCCCC1.CCCCCCCCCCCCCC1(CO)CCCCCCCCC1CO. The van der Waals surface area contributed by atoms with Crippen molar-refractivity contribution >= 4 is 0 Å². The highest BCUT2D eigenvalue weighted by atomic mass is 16.3. The molecule has 2 unspecified atom stereocenters. The van der Waals surface area contributed by atoms with E-state index in [2.05, 4.69) is 6.92 Å². The number of aliphatic hydroxyl groups is 2. The Balaban J connectivity index is 0.000000444. The van der Waals surface area contributed by atoms with E-state index < -0.39 is 0 Å². The zero-order valence-electron chi connectivity index (χ0n) is 32.7. The van der Waals surface area contributed by atoms with Crippen LogP contribution in [-0.4, -0.2) is 23.4 Å². The molecule has 3 saturated carbocycles. The second kappa shape index (κ2) is 35.7. The third-order valence-electron chi connectivity index (χ3n) is 12.2. The molecule has 0 saturated heterocycles. The highest BCUT2D eigenvalue weighted by molar-refractivity contribution is 4.86. The Bertz CT molecular complexity index is 504. The molecule has 0 aromatic heterocycles. The first kappa shape index (κ1) is 44.9. The minimum absolute atomic E-state index is 0.00856. The molecule has 0 aliphatic heterocycles. The molecule has 282 valence electrons. The summed E-state index contributed by atoms with van der Waals surface area (Å²) in [5.74, 6) is 0.309. The van der Waals surface area contributed by atoms with Gasteiger partial charge in [-0.05, 0) is 30.6 Å². The molecule has 0 amide bonds. The second-order valence-electron chi connectivity index (χ2n) is 16.4. The maximum atomic E-state index is 10.3. The Morgan fingerprint density at radius 3 is 1.00 bits per heavy atom. The molecule has 2 nitrogen and oxygen atoms in total. The lowest BCUT2D eigenvalue weighted by Gasteiger charge is -2.40. The van der Waals surface area contributed by atoms with Crippen LogP contribution < -0.4 is 0 Å². The van der Waals surface area contributed by atoms with Crippen LogP contribution in [0.2, 0.25) is 0 Å². The molecule has 0 radical (unpaired) electrons. The van der Waals surface area contributed by atoms with Crippen LogP contribution in [0.25, 0.3) is 0 Å². The molecule has 3 aliphatic rings. The minimum Gasteiger partial charge on any atom is -0.396 e. The van der Waals surface area contributed by atoms with Gasteiger partial charge in [0.25, 0.3) is 0 Å². The van der Waals surface area contributed by atoms with Crippen LogP contribution in [0.1, 0.15) is 264 Å². The first-order valence-corrected chi connectivity index (χ1v) is 22.5. The van der Waals surface area contributed by atoms with Gasteiger partial charge in [-0.15, -0.1) is 0 Å². The molecule has 2 heteroatoms. The van der Waals surface area contributed by atoms with Crippen LogP contribution in [0.4, 0.5) is 0 Å². The van der Waals surface area contributed by atoms with Crippen molar-refractivity contribution in [2.24, 2.45) is 11.3 Å². The van der Waals surface area contributed by atoms with Crippen molar-refractivity contribution in [2.45, 2.75) is 264 Å². The Kier molecular flexibility index (Phi) is 34.2. The fourth-order valence-electron chi connectivity index (χ4n) is 8.66. The summed E-state index contributed by atoms with van der Waals surface area (Å²) in [4.78, 5) is 0. The molecular weight excluding hydrogens is 572 g/mol. The summed E-state index contributed by atoms with van der Waals surface area (Å²) < 4.78 is 0. The van der Waals surface area contributed by atoms with Crippen molar-refractivity contribution in [1.82, 2.24) is 0 Å². The van der Waals surface area contributed by atoms with Crippen LogP contribution in [0.5, 0.6) is 0 Å². The smallest absolute Gasteiger partial charge is 0.0490 e. The molecule has 2 N–H and O–H groups in total. The lowest BCUT2D eigenvalue weighted by atomic mass is 9.67. The molecule has 0 heterocycles. The molecule has 2 atom stereocenters. The predicted molar refractivity (Wildman–Crippen MR) is 210 cm³/mol. The number of rotatable bonds is 14. The average molecular weight is 663 g/mol. The van der Waals surface area contributed by atoms with E-state index in [1.54, 1.807) is 0 Å². The van der Waals surface area contributed by atoms with E-state index in [0.717, 1.165) is 19.3 Å². The number of hydrogen-bond acceptors (Lipinski definition) is 2. The highest BCUT2D eigenvalue weighted by Gasteiger charge is 2.36. The highest BCUT2D eigenvalue weighted by Crippen LogP contribution is 2.42. The van der Waals surface area contributed by atoms with Gasteiger partial charge in [-0.2, -0.15) is 0 Å². The van der Waals surface area contributed by atoms with Crippen LogP contribution in [0.15, 0.2) is 0 Å². The second-order valence-corrected chi connectivity index (χ2v) is 16.4. The predicted octanol–water partition coefficient (Wildman–Crippen LogP) is 15.2. The number of aliphatic hydroxyl groups excluding tert-OH is 2. The summed E-state index contributed by atoms with van der Waals surface area (Å²) in [5, 5.41) is 20.3. The van der Waals surface area contributed by atoms with E-state index in [4.69, 9.17) is 0 Å². The van der Waals surface area contributed by atoms with Crippen molar-refractivity contribution in [3.05, 3.63) is 0 Å². The van der Waals surface area contributed by atoms with E-state index in [0.29, 0.717) is 5.92 Å². The van der Waals surface area contributed by atoms with Crippen molar-refractivity contribution in [1.29, 1.82) is 0 Å². The van der Waals surface area contributed by atoms with Crippen molar-refractivity contribution in [2.75, 3.05) is 13.2 Å². The van der Waals surface area contributed by atoms with Crippen molar-refractivity contribution in [3.63, 3.8) is 0 Å². The third kappa shape index (κ3) is 27.3. The van der Waals surface area contributed by atoms with Gasteiger partial charge < -0.3 is 10.2 Å². The first-order chi connectivity index (χ1) is 23.3. The Labute approximate surface area is 297 Å². The normalized spacial score (nSPS) is 24.4. The lowest BCUT2D eigenvalue weighted by molar-refractivity contribution is 0.00163. The van der Waals surface area contributed by atoms with E-state index >= 15 is 0 Å². The van der Waals surface area contributed by atoms with Gasteiger partial charge in [-0.1, -0.05) is 244 Å².